The molecule has 0 aromatic rings. The van der Waals surface area contributed by atoms with Gasteiger partial charge in [0.25, 0.3) is 0 Å². The highest BCUT2D eigenvalue weighted by Crippen LogP contribution is 2.47. The van der Waals surface area contributed by atoms with Crippen molar-refractivity contribution in [3.8, 4) is 0 Å². The Hall–Kier alpha value is -0.900. The molecule has 5 nitrogen and oxygen atoms in total. The van der Waals surface area contributed by atoms with Crippen molar-refractivity contribution in [3.63, 3.8) is 0 Å². The summed E-state index contributed by atoms with van der Waals surface area (Å²) in [4.78, 5) is 12.5. The Bertz CT molecular complexity index is 618. The maximum absolute atomic E-state index is 13.5. The number of alkyl halides is 4. The molecule has 0 aliphatic heterocycles. The van der Waals surface area contributed by atoms with Gasteiger partial charge >= 0.3 is 27.3 Å². The van der Waals surface area contributed by atoms with Crippen molar-refractivity contribution in [1.82, 2.24) is 0 Å². The molecule has 0 saturated heterocycles. The minimum atomic E-state index is -6.31. The zero-order valence-corrected chi connectivity index (χ0v) is 16.9. The first-order valence-electron chi connectivity index (χ1n) is 7.98. The molecule has 0 fully saturated rings. The molecule has 0 amide bonds. The fourth-order valence-electron chi connectivity index (χ4n) is 2.47. The molecular weight excluding hydrogens is 380 g/mol. The van der Waals surface area contributed by atoms with E-state index < -0.39 is 51.1 Å². The molecule has 0 aromatic carbocycles. The molecule has 0 aromatic heterocycles. The van der Waals surface area contributed by atoms with E-state index in [1.807, 2.05) is 20.8 Å². The standard InChI is InChI=1S/C16H28F4O5S/c1-12(2,3)10-14(7,13(4,5)6)11(21)25-9-8-15(17,18)16(19,20)26(22,23)24/h8-10H2,1-7H3,(H,22,23,24). The Morgan fingerprint density at radius 2 is 1.38 bits per heavy atom. The summed E-state index contributed by atoms with van der Waals surface area (Å²) in [5.74, 6) is -5.94. The number of hydrogen-bond acceptors (Lipinski definition) is 4. The summed E-state index contributed by atoms with van der Waals surface area (Å²) in [7, 11) is -6.31. The third-order valence-electron chi connectivity index (χ3n) is 4.39. The normalized spacial score (nSPS) is 16.9. The zero-order valence-electron chi connectivity index (χ0n) is 16.1. The molecule has 0 aliphatic carbocycles. The lowest BCUT2D eigenvalue weighted by Crippen LogP contribution is -2.48. The molecule has 0 saturated carbocycles. The molecule has 0 heterocycles. The molecule has 0 spiro atoms. The SMILES string of the molecule is CC(C)(C)CC(C)(C(=O)OCCC(F)(F)C(F)(F)S(=O)(=O)O)C(C)(C)C. The van der Waals surface area contributed by atoms with Gasteiger partial charge < -0.3 is 4.74 Å². The van der Waals surface area contributed by atoms with E-state index in [9.17, 15) is 30.8 Å². The van der Waals surface area contributed by atoms with E-state index in [4.69, 9.17) is 9.29 Å². The lowest BCUT2D eigenvalue weighted by atomic mass is 9.61. The summed E-state index contributed by atoms with van der Waals surface area (Å²) < 4.78 is 87.2. The summed E-state index contributed by atoms with van der Waals surface area (Å²) in [6.45, 7) is 11.4. The van der Waals surface area contributed by atoms with Crippen molar-refractivity contribution in [2.45, 2.75) is 72.5 Å². The first-order valence-corrected chi connectivity index (χ1v) is 9.42. The number of esters is 1. The lowest BCUT2D eigenvalue weighted by molar-refractivity contribution is -0.182. The van der Waals surface area contributed by atoms with E-state index in [1.165, 1.54) is 0 Å². The van der Waals surface area contributed by atoms with Crippen LogP contribution >= 0.6 is 0 Å². The van der Waals surface area contributed by atoms with Gasteiger partial charge in [0.1, 0.15) is 0 Å². The predicted octanol–water partition coefficient (Wildman–Crippen LogP) is 4.52. The number of hydrogen-bond donors (Lipinski definition) is 1. The van der Waals surface area contributed by atoms with Crippen LogP contribution < -0.4 is 0 Å². The predicted molar refractivity (Wildman–Crippen MR) is 88.7 cm³/mol. The third kappa shape index (κ3) is 5.55. The van der Waals surface area contributed by atoms with Gasteiger partial charge in [-0.3, -0.25) is 9.35 Å². The smallest absolute Gasteiger partial charge is 0.431 e. The highest BCUT2D eigenvalue weighted by Gasteiger charge is 2.65. The van der Waals surface area contributed by atoms with Crippen LogP contribution in [0.5, 0.6) is 0 Å². The van der Waals surface area contributed by atoms with Crippen LogP contribution in [0.15, 0.2) is 0 Å². The number of ether oxygens (including phenoxy) is 1. The molecule has 10 heteroatoms. The number of halogens is 4. The number of carbonyl (C=O) groups is 1. The van der Waals surface area contributed by atoms with E-state index in [2.05, 4.69) is 0 Å². The molecule has 1 unspecified atom stereocenters. The van der Waals surface area contributed by atoms with E-state index in [-0.39, 0.29) is 5.41 Å². The van der Waals surface area contributed by atoms with Gasteiger partial charge in [-0.05, 0) is 24.2 Å². The number of carbonyl (C=O) groups excluding carboxylic acids is 1. The first-order chi connectivity index (χ1) is 11.1. The summed E-state index contributed by atoms with van der Waals surface area (Å²) in [6, 6.07) is 0. The fourth-order valence-corrected chi connectivity index (χ4v) is 2.95. The van der Waals surface area contributed by atoms with Crippen LogP contribution in [0.4, 0.5) is 17.6 Å². The molecule has 0 radical (unpaired) electrons. The second kappa shape index (κ2) is 7.26. The quantitative estimate of drug-likeness (QED) is 0.380. The summed E-state index contributed by atoms with van der Waals surface area (Å²) >= 11 is 0. The summed E-state index contributed by atoms with van der Waals surface area (Å²) in [5.41, 5.74) is -2.01. The van der Waals surface area contributed by atoms with Crippen molar-refractivity contribution in [2.24, 2.45) is 16.2 Å². The highest BCUT2D eigenvalue weighted by atomic mass is 32.2. The van der Waals surface area contributed by atoms with Gasteiger partial charge in [0.15, 0.2) is 0 Å². The Labute approximate surface area is 152 Å². The topological polar surface area (TPSA) is 80.7 Å². The molecule has 1 atom stereocenters. The van der Waals surface area contributed by atoms with Crippen molar-refractivity contribution in [2.75, 3.05) is 6.61 Å². The van der Waals surface area contributed by atoms with Gasteiger partial charge in [0, 0.05) is 0 Å². The van der Waals surface area contributed by atoms with E-state index >= 15 is 0 Å². The third-order valence-corrected chi connectivity index (χ3v) is 5.34. The first kappa shape index (κ1) is 25.1. The van der Waals surface area contributed by atoms with Crippen LogP contribution in [0.3, 0.4) is 0 Å². The minimum absolute atomic E-state index is 0.303. The van der Waals surface area contributed by atoms with Crippen LogP contribution in [0.1, 0.15) is 61.3 Å². The average Bonchev–Trinajstić information content (AvgIpc) is 2.33. The maximum atomic E-state index is 13.5. The number of rotatable bonds is 7. The van der Waals surface area contributed by atoms with Crippen LogP contribution in [0.2, 0.25) is 0 Å². The Kier molecular flexibility index (Phi) is 7.00. The minimum Gasteiger partial charge on any atom is -0.465 e. The molecule has 0 aliphatic rings. The second-order valence-electron chi connectivity index (χ2n) is 8.90. The van der Waals surface area contributed by atoms with E-state index in [0.717, 1.165) is 0 Å². The average molecular weight is 408 g/mol. The summed E-state index contributed by atoms with van der Waals surface area (Å²) in [5, 5.41) is -5.68. The maximum Gasteiger partial charge on any atom is 0.431 e. The van der Waals surface area contributed by atoms with Crippen LogP contribution in [0.25, 0.3) is 0 Å². The highest BCUT2D eigenvalue weighted by molar-refractivity contribution is 7.87. The van der Waals surface area contributed by atoms with Crippen LogP contribution in [0, 0.1) is 16.2 Å². The van der Waals surface area contributed by atoms with Crippen molar-refractivity contribution < 1.29 is 40.1 Å². The Balaban J connectivity index is 5.28. The van der Waals surface area contributed by atoms with Gasteiger partial charge in [-0.2, -0.15) is 26.0 Å². The van der Waals surface area contributed by atoms with Crippen molar-refractivity contribution >= 4 is 16.1 Å². The Morgan fingerprint density at radius 3 is 1.69 bits per heavy atom. The van der Waals surface area contributed by atoms with Crippen LogP contribution in [-0.2, 0) is 19.6 Å². The molecule has 156 valence electrons. The summed E-state index contributed by atoms with van der Waals surface area (Å²) in [6.07, 6.45) is -1.40. The van der Waals surface area contributed by atoms with Gasteiger partial charge in [0.05, 0.1) is 18.4 Å². The van der Waals surface area contributed by atoms with Gasteiger partial charge in [-0.15, -0.1) is 0 Å². The molecular formula is C16H28F4O5S. The van der Waals surface area contributed by atoms with E-state index in [0.29, 0.717) is 6.42 Å². The van der Waals surface area contributed by atoms with E-state index in [1.54, 1.807) is 27.7 Å². The zero-order chi connectivity index (χ0) is 21.4. The molecule has 26 heavy (non-hydrogen) atoms. The monoisotopic (exact) mass is 408 g/mol. The molecule has 0 bridgehead atoms. The van der Waals surface area contributed by atoms with Gasteiger partial charge in [0.2, 0.25) is 0 Å². The molecule has 1 N–H and O–H groups in total. The van der Waals surface area contributed by atoms with Crippen molar-refractivity contribution in [3.05, 3.63) is 0 Å². The van der Waals surface area contributed by atoms with Gasteiger partial charge in [-0.1, -0.05) is 41.5 Å². The Morgan fingerprint density at radius 1 is 0.962 bits per heavy atom. The molecule has 0 rings (SSSR count). The van der Waals surface area contributed by atoms with Gasteiger partial charge in [-0.25, -0.2) is 0 Å². The largest absolute Gasteiger partial charge is 0.465 e. The van der Waals surface area contributed by atoms with Crippen molar-refractivity contribution in [1.29, 1.82) is 0 Å². The fraction of sp³-hybridized carbons (Fsp3) is 0.938. The lowest BCUT2D eigenvalue weighted by Gasteiger charge is -2.43. The second-order valence-corrected chi connectivity index (χ2v) is 10.4. The van der Waals surface area contributed by atoms with Crippen LogP contribution in [-0.4, -0.2) is 36.7 Å².